The van der Waals surface area contributed by atoms with Crippen molar-refractivity contribution >= 4 is 0 Å². The highest BCUT2D eigenvalue weighted by molar-refractivity contribution is 5.29. The third-order valence-corrected chi connectivity index (χ3v) is 4.49. The molecule has 1 unspecified atom stereocenters. The molecular weight excluding hydrogens is 279 g/mol. The van der Waals surface area contributed by atoms with Gasteiger partial charge in [-0.3, -0.25) is 0 Å². The van der Waals surface area contributed by atoms with Crippen LogP contribution in [-0.2, 0) is 0 Å². The Bertz CT molecular complexity index is 463. The second kappa shape index (κ2) is 5.87. The molecule has 0 saturated heterocycles. The quantitative estimate of drug-likeness (QED) is 0.824. The molecular formula is C16H22F3NO. The smallest absolute Gasteiger partial charge is 0.406 e. The van der Waals surface area contributed by atoms with Gasteiger partial charge in [0.2, 0.25) is 0 Å². The van der Waals surface area contributed by atoms with Crippen molar-refractivity contribution in [3.8, 4) is 5.75 Å². The first-order valence-electron chi connectivity index (χ1n) is 7.31. The molecule has 1 aromatic rings. The lowest BCUT2D eigenvalue weighted by Crippen LogP contribution is -2.29. The minimum absolute atomic E-state index is 0.112. The summed E-state index contributed by atoms with van der Waals surface area (Å²) in [4.78, 5) is 0. The zero-order chi connectivity index (χ0) is 15.7. The van der Waals surface area contributed by atoms with Gasteiger partial charge >= 0.3 is 6.36 Å². The van der Waals surface area contributed by atoms with Crippen molar-refractivity contribution in [2.45, 2.75) is 46.0 Å². The van der Waals surface area contributed by atoms with Crippen LogP contribution in [0.15, 0.2) is 24.3 Å². The Hall–Kier alpha value is -1.23. The first kappa shape index (κ1) is 16.1. The molecule has 1 fully saturated rings. The highest BCUT2D eigenvalue weighted by atomic mass is 19.4. The Morgan fingerprint density at radius 2 is 1.71 bits per heavy atom. The van der Waals surface area contributed by atoms with Gasteiger partial charge in [-0.2, -0.15) is 0 Å². The van der Waals surface area contributed by atoms with Crippen molar-refractivity contribution in [2.75, 3.05) is 6.54 Å². The number of alkyl halides is 3. The third kappa shape index (κ3) is 4.37. The van der Waals surface area contributed by atoms with Crippen LogP contribution in [0.5, 0.6) is 5.75 Å². The summed E-state index contributed by atoms with van der Waals surface area (Å²) in [5.41, 5.74) is 1.37. The topological polar surface area (TPSA) is 21.3 Å². The fraction of sp³-hybridized carbons (Fsp3) is 0.625. The molecule has 0 bridgehead atoms. The SMILES string of the molecule is CC(NCC1(C(C)C)CC1)c1ccc(OC(F)(F)F)cc1. The summed E-state index contributed by atoms with van der Waals surface area (Å²) in [6.45, 7) is 7.45. The number of benzene rings is 1. The van der Waals surface area contributed by atoms with Crippen LogP contribution in [0.3, 0.4) is 0 Å². The molecule has 0 amide bonds. The zero-order valence-corrected chi connectivity index (χ0v) is 12.6. The predicted octanol–water partition coefficient (Wildman–Crippen LogP) is 4.67. The molecule has 0 aliphatic heterocycles. The molecule has 1 aliphatic carbocycles. The van der Waals surface area contributed by atoms with Gasteiger partial charge in [0, 0.05) is 12.6 Å². The van der Waals surface area contributed by atoms with Gasteiger partial charge in [-0.1, -0.05) is 26.0 Å². The third-order valence-electron chi connectivity index (χ3n) is 4.49. The summed E-state index contributed by atoms with van der Waals surface area (Å²) in [7, 11) is 0. The molecule has 1 aromatic carbocycles. The maximum Gasteiger partial charge on any atom is 0.573 e. The lowest BCUT2D eigenvalue weighted by Gasteiger charge is -2.23. The molecule has 0 radical (unpaired) electrons. The largest absolute Gasteiger partial charge is 0.573 e. The number of hydrogen-bond acceptors (Lipinski definition) is 2. The van der Waals surface area contributed by atoms with E-state index in [0.29, 0.717) is 11.3 Å². The van der Waals surface area contributed by atoms with E-state index in [2.05, 4.69) is 23.9 Å². The molecule has 1 aliphatic rings. The fourth-order valence-electron chi connectivity index (χ4n) is 2.55. The summed E-state index contributed by atoms with van der Waals surface area (Å²) in [5, 5.41) is 3.49. The Morgan fingerprint density at radius 3 is 2.14 bits per heavy atom. The summed E-state index contributed by atoms with van der Waals surface area (Å²) >= 11 is 0. The second-order valence-corrected chi connectivity index (χ2v) is 6.24. The van der Waals surface area contributed by atoms with Gasteiger partial charge in [0.25, 0.3) is 0 Å². The molecule has 0 aromatic heterocycles. The van der Waals surface area contributed by atoms with E-state index in [-0.39, 0.29) is 11.8 Å². The summed E-state index contributed by atoms with van der Waals surface area (Å²) < 4.78 is 40.2. The molecule has 0 heterocycles. The zero-order valence-electron chi connectivity index (χ0n) is 12.6. The van der Waals surface area contributed by atoms with Crippen molar-refractivity contribution in [1.29, 1.82) is 0 Å². The van der Waals surface area contributed by atoms with Gasteiger partial charge in [0.05, 0.1) is 0 Å². The molecule has 21 heavy (non-hydrogen) atoms. The van der Waals surface area contributed by atoms with Gasteiger partial charge in [-0.25, -0.2) is 0 Å². The Labute approximate surface area is 123 Å². The van der Waals surface area contributed by atoms with Crippen molar-refractivity contribution < 1.29 is 17.9 Å². The number of rotatable bonds is 6. The van der Waals surface area contributed by atoms with E-state index in [1.54, 1.807) is 12.1 Å². The lowest BCUT2D eigenvalue weighted by atomic mass is 9.92. The molecule has 1 atom stereocenters. The van der Waals surface area contributed by atoms with Crippen LogP contribution in [0.4, 0.5) is 13.2 Å². The Morgan fingerprint density at radius 1 is 1.14 bits per heavy atom. The van der Waals surface area contributed by atoms with Crippen molar-refractivity contribution in [2.24, 2.45) is 11.3 Å². The number of nitrogens with one attached hydrogen (secondary N) is 1. The van der Waals surface area contributed by atoms with Gasteiger partial charge in [-0.05, 0) is 48.8 Å². The minimum atomic E-state index is -4.64. The van der Waals surface area contributed by atoms with Crippen molar-refractivity contribution in [3.63, 3.8) is 0 Å². The van der Waals surface area contributed by atoms with E-state index in [0.717, 1.165) is 12.1 Å². The van der Waals surface area contributed by atoms with Crippen LogP contribution in [-0.4, -0.2) is 12.9 Å². The Balaban J connectivity index is 1.89. The predicted molar refractivity (Wildman–Crippen MR) is 76.0 cm³/mol. The fourth-order valence-corrected chi connectivity index (χ4v) is 2.55. The van der Waals surface area contributed by atoms with Gasteiger partial charge in [0.15, 0.2) is 0 Å². The van der Waals surface area contributed by atoms with E-state index < -0.39 is 6.36 Å². The molecule has 1 saturated carbocycles. The van der Waals surface area contributed by atoms with Crippen LogP contribution in [0.1, 0.15) is 45.2 Å². The molecule has 2 rings (SSSR count). The minimum Gasteiger partial charge on any atom is -0.406 e. The number of hydrogen-bond donors (Lipinski definition) is 1. The first-order chi connectivity index (χ1) is 9.72. The van der Waals surface area contributed by atoms with Gasteiger partial charge < -0.3 is 10.1 Å². The standard InChI is InChI=1S/C16H22F3NO/c1-11(2)15(8-9-15)10-20-12(3)13-4-6-14(7-5-13)21-16(17,18)19/h4-7,11-12,20H,8-10H2,1-3H3. The second-order valence-electron chi connectivity index (χ2n) is 6.24. The van der Waals surface area contributed by atoms with E-state index in [9.17, 15) is 13.2 Å². The van der Waals surface area contributed by atoms with Gasteiger partial charge in [0.1, 0.15) is 5.75 Å². The van der Waals surface area contributed by atoms with Crippen LogP contribution < -0.4 is 10.1 Å². The van der Waals surface area contributed by atoms with Crippen LogP contribution in [0.2, 0.25) is 0 Å². The van der Waals surface area contributed by atoms with Crippen molar-refractivity contribution in [1.82, 2.24) is 5.32 Å². The molecule has 1 N–H and O–H groups in total. The van der Waals surface area contributed by atoms with E-state index >= 15 is 0 Å². The highest BCUT2D eigenvalue weighted by Gasteiger charge is 2.44. The van der Waals surface area contributed by atoms with Gasteiger partial charge in [-0.15, -0.1) is 13.2 Å². The summed E-state index contributed by atoms with van der Waals surface area (Å²) in [6.07, 6.45) is -2.13. The average Bonchev–Trinajstić information content (AvgIpc) is 3.16. The lowest BCUT2D eigenvalue weighted by molar-refractivity contribution is -0.274. The Kier molecular flexibility index (Phi) is 4.51. The highest BCUT2D eigenvalue weighted by Crippen LogP contribution is 2.51. The summed E-state index contributed by atoms with van der Waals surface area (Å²) in [5.74, 6) is 0.471. The van der Waals surface area contributed by atoms with Crippen LogP contribution in [0.25, 0.3) is 0 Å². The molecule has 2 nitrogen and oxygen atoms in total. The monoisotopic (exact) mass is 301 g/mol. The molecule has 0 spiro atoms. The number of ether oxygens (including phenoxy) is 1. The maximum absolute atomic E-state index is 12.1. The van der Waals surface area contributed by atoms with E-state index in [1.165, 1.54) is 25.0 Å². The maximum atomic E-state index is 12.1. The number of halogens is 3. The van der Waals surface area contributed by atoms with E-state index in [1.807, 2.05) is 6.92 Å². The molecule has 118 valence electrons. The average molecular weight is 301 g/mol. The van der Waals surface area contributed by atoms with E-state index in [4.69, 9.17) is 0 Å². The normalized spacial score (nSPS) is 18.6. The summed E-state index contributed by atoms with van der Waals surface area (Å²) in [6, 6.07) is 6.18. The molecule has 5 heteroatoms. The van der Waals surface area contributed by atoms with Crippen LogP contribution >= 0.6 is 0 Å². The van der Waals surface area contributed by atoms with Crippen molar-refractivity contribution in [3.05, 3.63) is 29.8 Å². The first-order valence-corrected chi connectivity index (χ1v) is 7.31. The van der Waals surface area contributed by atoms with Crippen LogP contribution in [0, 0.1) is 11.3 Å².